The van der Waals surface area contributed by atoms with E-state index in [4.69, 9.17) is 4.74 Å². The quantitative estimate of drug-likeness (QED) is 0.616. The van der Waals surface area contributed by atoms with Crippen LogP contribution in [0.4, 0.5) is 4.39 Å². The Morgan fingerprint density at radius 2 is 2.15 bits per heavy atom. The van der Waals surface area contributed by atoms with Crippen LogP contribution in [-0.4, -0.2) is 22.1 Å². The molecule has 0 fully saturated rings. The minimum atomic E-state index is -0.569. The van der Waals surface area contributed by atoms with Crippen LogP contribution in [0.25, 0.3) is 10.9 Å². The molecule has 0 aliphatic heterocycles. The lowest BCUT2D eigenvalue weighted by atomic mass is 10.3. The fraction of sp³-hybridized carbons (Fsp3) is 0.125. The van der Waals surface area contributed by atoms with Crippen molar-refractivity contribution in [2.24, 2.45) is 0 Å². The Kier molecular flexibility index (Phi) is 1.77. The fourth-order valence-corrected chi connectivity index (χ4v) is 1.07. The first kappa shape index (κ1) is 7.85. The van der Waals surface area contributed by atoms with E-state index in [0.717, 1.165) is 0 Å². The van der Waals surface area contributed by atoms with Gasteiger partial charge in [-0.05, 0) is 0 Å². The van der Waals surface area contributed by atoms with Gasteiger partial charge in [0.25, 0.3) is 0 Å². The second kappa shape index (κ2) is 2.93. The molecular formula is C8H6FN3O. The first-order valence-electron chi connectivity index (χ1n) is 3.61. The second-order valence-electron chi connectivity index (χ2n) is 2.41. The molecule has 4 nitrogen and oxygen atoms in total. The molecule has 0 spiro atoms. The molecule has 0 unspecified atom stereocenters. The minimum Gasteiger partial charge on any atom is -0.480 e. The lowest BCUT2D eigenvalue weighted by Crippen LogP contribution is -1.92. The Hall–Kier alpha value is -1.78. The Morgan fingerprint density at radius 3 is 2.92 bits per heavy atom. The number of methoxy groups -OCH3 is 1. The molecule has 0 aliphatic rings. The molecule has 0 saturated carbocycles. The summed E-state index contributed by atoms with van der Waals surface area (Å²) in [5, 5.41) is 0.525. The van der Waals surface area contributed by atoms with Gasteiger partial charge in [-0.15, -0.1) is 0 Å². The summed E-state index contributed by atoms with van der Waals surface area (Å²) < 4.78 is 17.7. The van der Waals surface area contributed by atoms with E-state index in [1.807, 2.05) is 0 Å². The average Bonchev–Trinajstić information content (AvgIpc) is 2.17. The molecule has 0 radical (unpaired) electrons. The maximum atomic E-state index is 12.7. The first-order valence-corrected chi connectivity index (χ1v) is 3.61. The number of hydrogen-bond donors (Lipinski definition) is 0. The van der Waals surface area contributed by atoms with Crippen LogP contribution in [0.15, 0.2) is 18.6 Å². The third kappa shape index (κ3) is 1.28. The van der Waals surface area contributed by atoms with E-state index in [2.05, 4.69) is 15.0 Å². The van der Waals surface area contributed by atoms with E-state index in [-0.39, 0.29) is 0 Å². The van der Waals surface area contributed by atoms with Gasteiger partial charge < -0.3 is 4.74 Å². The topological polar surface area (TPSA) is 47.9 Å². The van der Waals surface area contributed by atoms with Gasteiger partial charge in [-0.1, -0.05) is 0 Å². The Morgan fingerprint density at radius 1 is 1.31 bits per heavy atom. The third-order valence-corrected chi connectivity index (χ3v) is 1.65. The van der Waals surface area contributed by atoms with Crippen LogP contribution in [0, 0.1) is 5.95 Å². The predicted octanol–water partition coefficient (Wildman–Crippen LogP) is 1.17. The van der Waals surface area contributed by atoms with Gasteiger partial charge in [-0.25, -0.2) is 15.0 Å². The van der Waals surface area contributed by atoms with Crippen LogP contribution in [0.5, 0.6) is 5.88 Å². The molecular weight excluding hydrogens is 173 g/mol. The number of nitrogens with zero attached hydrogens (tertiary/aromatic N) is 3. The van der Waals surface area contributed by atoms with E-state index < -0.39 is 5.95 Å². The number of halogens is 1. The van der Waals surface area contributed by atoms with Crippen LogP contribution in [-0.2, 0) is 0 Å². The molecule has 0 bridgehead atoms. The molecule has 13 heavy (non-hydrogen) atoms. The van der Waals surface area contributed by atoms with Gasteiger partial charge in [0.15, 0.2) is 0 Å². The van der Waals surface area contributed by atoms with Crippen molar-refractivity contribution in [2.75, 3.05) is 7.11 Å². The molecule has 0 N–H and O–H groups in total. The molecule has 0 saturated heterocycles. The molecule has 0 aliphatic carbocycles. The zero-order valence-electron chi connectivity index (χ0n) is 6.86. The summed E-state index contributed by atoms with van der Waals surface area (Å²) in [4.78, 5) is 11.2. The van der Waals surface area contributed by atoms with Gasteiger partial charge in [0.05, 0.1) is 24.2 Å². The summed E-state index contributed by atoms with van der Waals surface area (Å²) in [6.07, 6.45) is 2.69. The zero-order chi connectivity index (χ0) is 9.26. The lowest BCUT2D eigenvalue weighted by molar-refractivity contribution is 0.402. The molecule has 0 atom stereocenters. The zero-order valence-corrected chi connectivity index (χ0v) is 6.86. The van der Waals surface area contributed by atoms with Crippen LogP contribution in [0.3, 0.4) is 0 Å². The first-order chi connectivity index (χ1) is 6.31. The number of ether oxygens (including phenoxy) is 1. The number of pyridine rings is 1. The van der Waals surface area contributed by atoms with Crippen molar-refractivity contribution in [2.45, 2.75) is 0 Å². The summed E-state index contributed by atoms with van der Waals surface area (Å²) in [5.41, 5.74) is 0.563. The molecule has 66 valence electrons. The SMILES string of the molecule is COc1ncnc2cnc(F)cc12. The van der Waals surface area contributed by atoms with Crippen LogP contribution < -0.4 is 4.74 Å². The van der Waals surface area contributed by atoms with Crippen molar-refractivity contribution < 1.29 is 9.13 Å². The van der Waals surface area contributed by atoms with Gasteiger partial charge in [0.1, 0.15) is 6.33 Å². The van der Waals surface area contributed by atoms with E-state index in [1.165, 1.54) is 25.7 Å². The molecule has 0 amide bonds. The Labute approximate surface area is 73.4 Å². The molecule has 0 aromatic carbocycles. The number of aromatic nitrogens is 3. The van der Waals surface area contributed by atoms with Crippen molar-refractivity contribution in [3.05, 3.63) is 24.5 Å². The van der Waals surface area contributed by atoms with Crippen molar-refractivity contribution in [1.82, 2.24) is 15.0 Å². The summed E-state index contributed by atoms with van der Waals surface area (Å²) >= 11 is 0. The van der Waals surface area contributed by atoms with E-state index in [0.29, 0.717) is 16.8 Å². The number of hydrogen-bond acceptors (Lipinski definition) is 4. The van der Waals surface area contributed by atoms with Gasteiger partial charge >= 0.3 is 0 Å². The van der Waals surface area contributed by atoms with Crippen LogP contribution >= 0.6 is 0 Å². The summed E-state index contributed by atoms with van der Waals surface area (Å²) in [6, 6.07) is 1.24. The van der Waals surface area contributed by atoms with Gasteiger partial charge in [0.2, 0.25) is 11.8 Å². The molecule has 2 aromatic heterocycles. The van der Waals surface area contributed by atoms with Gasteiger partial charge in [-0.2, -0.15) is 4.39 Å². The van der Waals surface area contributed by atoms with E-state index in [9.17, 15) is 4.39 Å². The van der Waals surface area contributed by atoms with Crippen LogP contribution in [0.2, 0.25) is 0 Å². The van der Waals surface area contributed by atoms with Crippen LogP contribution in [0.1, 0.15) is 0 Å². The standard InChI is InChI=1S/C8H6FN3O/c1-13-8-5-2-7(9)10-3-6(5)11-4-12-8/h2-4H,1H3. The fourth-order valence-electron chi connectivity index (χ4n) is 1.07. The smallest absolute Gasteiger partial charge is 0.224 e. The Bertz CT molecular complexity index is 446. The molecule has 5 heteroatoms. The second-order valence-corrected chi connectivity index (χ2v) is 2.41. The highest BCUT2D eigenvalue weighted by Gasteiger charge is 2.04. The van der Waals surface area contributed by atoms with Gasteiger partial charge in [0, 0.05) is 6.07 Å². The van der Waals surface area contributed by atoms with Crippen molar-refractivity contribution in [3.8, 4) is 5.88 Å². The molecule has 2 aromatic rings. The van der Waals surface area contributed by atoms with E-state index >= 15 is 0 Å². The van der Waals surface area contributed by atoms with Crippen molar-refractivity contribution in [1.29, 1.82) is 0 Å². The number of fused-ring (bicyclic) bond motifs is 1. The maximum Gasteiger partial charge on any atom is 0.224 e. The maximum absolute atomic E-state index is 12.7. The lowest BCUT2D eigenvalue weighted by Gasteiger charge is -2.01. The average molecular weight is 179 g/mol. The highest BCUT2D eigenvalue weighted by atomic mass is 19.1. The molecule has 2 heterocycles. The monoisotopic (exact) mass is 179 g/mol. The van der Waals surface area contributed by atoms with Crippen molar-refractivity contribution >= 4 is 10.9 Å². The highest BCUT2D eigenvalue weighted by molar-refractivity contribution is 5.82. The summed E-state index contributed by atoms with van der Waals surface area (Å²) in [5.74, 6) is -0.216. The predicted molar refractivity (Wildman–Crippen MR) is 43.8 cm³/mol. The highest BCUT2D eigenvalue weighted by Crippen LogP contribution is 2.19. The largest absolute Gasteiger partial charge is 0.480 e. The Balaban J connectivity index is 2.79. The van der Waals surface area contributed by atoms with E-state index in [1.54, 1.807) is 0 Å². The summed E-state index contributed by atoms with van der Waals surface area (Å²) in [7, 11) is 1.47. The third-order valence-electron chi connectivity index (χ3n) is 1.65. The molecule has 2 rings (SSSR count). The number of rotatable bonds is 1. The normalized spacial score (nSPS) is 10.3. The van der Waals surface area contributed by atoms with Crippen molar-refractivity contribution in [3.63, 3.8) is 0 Å². The van der Waals surface area contributed by atoms with Gasteiger partial charge in [-0.3, -0.25) is 0 Å². The minimum absolute atomic E-state index is 0.353. The summed E-state index contributed by atoms with van der Waals surface area (Å²) in [6.45, 7) is 0.